The van der Waals surface area contributed by atoms with Crippen LogP contribution in [0.1, 0.15) is 18.9 Å². The molecule has 2 aromatic carbocycles. The van der Waals surface area contributed by atoms with Crippen molar-refractivity contribution >= 4 is 21.7 Å². The molecule has 0 spiro atoms. The van der Waals surface area contributed by atoms with Gasteiger partial charge < -0.3 is 15.5 Å². The second-order valence-corrected chi connectivity index (χ2v) is 9.15. The molecule has 1 saturated heterocycles. The highest BCUT2D eigenvalue weighted by molar-refractivity contribution is 7.89. The summed E-state index contributed by atoms with van der Waals surface area (Å²) < 4.78 is 27.2. The second-order valence-electron chi connectivity index (χ2n) is 7.38. The van der Waals surface area contributed by atoms with E-state index in [1.807, 2.05) is 6.92 Å². The Balaban J connectivity index is 1.50. The van der Waals surface area contributed by atoms with Gasteiger partial charge in [-0.25, -0.2) is 13.1 Å². The van der Waals surface area contributed by atoms with Crippen LogP contribution in [0.2, 0.25) is 0 Å². The molecule has 162 valence electrons. The standard InChI is InChI=1S/C22H31N5O2S/c1-3-23-22(24-14-15-25-30(28,29)21-7-5-4-6-8-21)26-19-13-16-27(17-19)20-11-9-18(2)10-12-20/h4-12,19,25H,3,13-17H2,1-2H3,(H2,23,24,26). The number of aliphatic imine (C=N–C) groups is 1. The predicted octanol–water partition coefficient (Wildman–Crippen LogP) is 2.11. The number of nitrogens with one attached hydrogen (secondary N) is 3. The predicted molar refractivity (Wildman–Crippen MR) is 123 cm³/mol. The van der Waals surface area contributed by atoms with Gasteiger partial charge in [0.25, 0.3) is 0 Å². The Morgan fingerprint density at radius 1 is 1.13 bits per heavy atom. The quantitative estimate of drug-likeness (QED) is 0.340. The van der Waals surface area contributed by atoms with E-state index in [4.69, 9.17) is 0 Å². The lowest BCUT2D eigenvalue weighted by molar-refractivity contribution is 0.582. The summed E-state index contributed by atoms with van der Waals surface area (Å²) in [6.45, 7) is 7.37. The third-order valence-electron chi connectivity index (χ3n) is 5.00. The van der Waals surface area contributed by atoms with Gasteiger partial charge in [0, 0.05) is 37.9 Å². The fourth-order valence-corrected chi connectivity index (χ4v) is 4.45. The summed E-state index contributed by atoms with van der Waals surface area (Å²) in [5, 5.41) is 6.72. The fraction of sp³-hybridized carbons (Fsp3) is 0.409. The molecule has 0 bridgehead atoms. The monoisotopic (exact) mass is 429 g/mol. The molecule has 8 heteroatoms. The summed E-state index contributed by atoms with van der Waals surface area (Å²) in [5.74, 6) is 0.715. The molecule has 0 saturated carbocycles. The average molecular weight is 430 g/mol. The molecule has 1 fully saturated rings. The van der Waals surface area contributed by atoms with Gasteiger partial charge in [-0.05, 0) is 44.5 Å². The number of anilines is 1. The Labute approximate surface area is 179 Å². The van der Waals surface area contributed by atoms with Gasteiger partial charge in [0.05, 0.1) is 11.4 Å². The Hall–Kier alpha value is -2.58. The van der Waals surface area contributed by atoms with Gasteiger partial charge in [-0.2, -0.15) is 0 Å². The maximum Gasteiger partial charge on any atom is 0.240 e. The number of sulfonamides is 1. The molecule has 1 heterocycles. The molecule has 0 aromatic heterocycles. The van der Waals surface area contributed by atoms with Crippen molar-refractivity contribution in [2.75, 3.05) is 37.6 Å². The van der Waals surface area contributed by atoms with Crippen molar-refractivity contribution in [3.05, 3.63) is 60.2 Å². The molecule has 0 radical (unpaired) electrons. The first-order valence-corrected chi connectivity index (χ1v) is 11.9. The Kier molecular flexibility index (Phi) is 7.70. The third kappa shape index (κ3) is 6.21. The Morgan fingerprint density at radius 3 is 2.57 bits per heavy atom. The van der Waals surface area contributed by atoms with Crippen LogP contribution < -0.4 is 20.3 Å². The molecule has 1 unspecified atom stereocenters. The van der Waals surface area contributed by atoms with Crippen LogP contribution in [0.3, 0.4) is 0 Å². The Morgan fingerprint density at radius 2 is 1.87 bits per heavy atom. The normalized spacial score (nSPS) is 17.2. The molecular weight excluding hydrogens is 398 g/mol. The molecule has 30 heavy (non-hydrogen) atoms. The highest BCUT2D eigenvalue weighted by Gasteiger charge is 2.23. The van der Waals surface area contributed by atoms with E-state index in [9.17, 15) is 8.42 Å². The van der Waals surface area contributed by atoms with Gasteiger partial charge in [-0.15, -0.1) is 0 Å². The number of benzene rings is 2. The van der Waals surface area contributed by atoms with Crippen molar-refractivity contribution < 1.29 is 8.42 Å². The summed E-state index contributed by atoms with van der Waals surface area (Å²) in [5.41, 5.74) is 2.50. The highest BCUT2D eigenvalue weighted by atomic mass is 32.2. The third-order valence-corrected chi connectivity index (χ3v) is 6.48. The molecule has 1 atom stereocenters. The van der Waals surface area contributed by atoms with Crippen LogP contribution >= 0.6 is 0 Å². The SMILES string of the molecule is CCNC(=NCCNS(=O)(=O)c1ccccc1)NC1CCN(c2ccc(C)cc2)C1. The van der Waals surface area contributed by atoms with E-state index < -0.39 is 10.0 Å². The molecule has 1 aliphatic rings. The molecule has 2 aromatic rings. The number of rotatable bonds is 8. The van der Waals surface area contributed by atoms with Crippen molar-refractivity contribution in [3.63, 3.8) is 0 Å². The molecule has 1 aliphatic heterocycles. The van der Waals surface area contributed by atoms with Crippen molar-refractivity contribution in [1.29, 1.82) is 0 Å². The fourth-order valence-electron chi connectivity index (χ4n) is 3.41. The lowest BCUT2D eigenvalue weighted by Crippen LogP contribution is -2.45. The van der Waals surface area contributed by atoms with Gasteiger partial charge in [0.2, 0.25) is 10.0 Å². The summed E-state index contributed by atoms with van der Waals surface area (Å²) in [4.78, 5) is 7.17. The molecular formula is C22H31N5O2S. The summed E-state index contributed by atoms with van der Waals surface area (Å²) >= 11 is 0. The van der Waals surface area contributed by atoms with Crippen molar-refractivity contribution in [3.8, 4) is 0 Å². The van der Waals surface area contributed by atoms with Crippen molar-refractivity contribution in [2.24, 2.45) is 4.99 Å². The first kappa shape index (κ1) is 22.1. The molecule has 0 amide bonds. The van der Waals surface area contributed by atoms with Gasteiger partial charge in [0.15, 0.2) is 5.96 Å². The minimum absolute atomic E-state index is 0.244. The number of aryl methyl sites for hydroxylation is 1. The largest absolute Gasteiger partial charge is 0.369 e. The summed E-state index contributed by atoms with van der Waals surface area (Å²) in [6, 6.07) is 17.3. The molecule has 3 rings (SSSR count). The van der Waals surface area contributed by atoms with Crippen LogP contribution in [0, 0.1) is 6.92 Å². The number of hydrogen-bond donors (Lipinski definition) is 3. The van der Waals surface area contributed by atoms with Crippen LogP contribution in [0.4, 0.5) is 5.69 Å². The molecule has 3 N–H and O–H groups in total. The minimum atomic E-state index is -3.50. The zero-order valence-electron chi connectivity index (χ0n) is 17.6. The van der Waals surface area contributed by atoms with Crippen LogP contribution in [0.5, 0.6) is 0 Å². The Bertz CT molecular complexity index is 930. The van der Waals surface area contributed by atoms with Gasteiger partial charge in [-0.1, -0.05) is 35.9 Å². The van der Waals surface area contributed by atoms with Crippen LogP contribution in [-0.4, -0.2) is 53.1 Å². The molecule has 7 nitrogen and oxygen atoms in total. The van der Waals surface area contributed by atoms with E-state index in [0.717, 1.165) is 26.1 Å². The number of nitrogens with zero attached hydrogens (tertiary/aromatic N) is 2. The lowest BCUT2D eigenvalue weighted by Gasteiger charge is -2.20. The highest BCUT2D eigenvalue weighted by Crippen LogP contribution is 2.20. The van der Waals surface area contributed by atoms with Gasteiger partial charge >= 0.3 is 0 Å². The smallest absolute Gasteiger partial charge is 0.240 e. The van der Waals surface area contributed by atoms with Crippen LogP contribution in [0.25, 0.3) is 0 Å². The first-order chi connectivity index (χ1) is 14.5. The van der Waals surface area contributed by atoms with Crippen molar-refractivity contribution in [1.82, 2.24) is 15.4 Å². The van der Waals surface area contributed by atoms with Crippen LogP contribution in [0.15, 0.2) is 64.5 Å². The average Bonchev–Trinajstić information content (AvgIpc) is 3.21. The maximum atomic E-state index is 12.3. The minimum Gasteiger partial charge on any atom is -0.369 e. The van der Waals surface area contributed by atoms with Gasteiger partial charge in [-0.3, -0.25) is 4.99 Å². The van der Waals surface area contributed by atoms with Crippen molar-refractivity contribution in [2.45, 2.75) is 31.2 Å². The summed E-state index contributed by atoms with van der Waals surface area (Å²) in [7, 11) is -3.50. The van der Waals surface area contributed by atoms with E-state index in [1.54, 1.807) is 30.3 Å². The first-order valence-electron chi connectivity index (χ1n) is 10.4. The van der Waals surface area contributed by atoms with E-state index in [-0.39, 0.29) is 11.4 Å². The zero-order valence-corrected chi connectivity index (χ0v) is 18.5. The van der Waals surface area contributed by atoms with E-state index in [0.29, 0.717) is 18.5 Å². The zero-order chi connectivity index (χ0) is 21.4. The van der Waals surface area contributed by atoms with E-state index in [2.05, 4.69) is 56.4 Å². The number of guanidine groups is 1. The van der Waals surface area contributed by atoms with Crippen LogP contribution in [-0.2, 0) is 10.0 Å². The second kappa shape index (κ2) is 10.4. The summed E-state index contributed by atoms with van der Waals surface area (Å²) in [6.07, 6.45) is 1.03. The lowest BCUT2D eigenvalue weighted by atomic mass is 10.2. The maximum absolute atomic E-state index is 12.3. The van der Waals surface area contributed by atoms with Gasteiger partial charge in [0.1, 0.15) is 0 Å². The topological polar surface area (TPSA) is 85.8 Å². The number of hydrogen-bond acceptors (Lipinski definition) is 4. The van der Waals surface area contributed by atoms with E-state index >= 15 is 0 Å². The van der Waals surface area contributed by atoms with E-state index in [1.165, 1.54) is 11.3 Å². The molecule has 0 aliphatic carbocycles.